The molecule has 1 fully saturated rings. The highest BCUT2D eigenvalue weighted by molar-refractivity contribution is 7.82. The third-order valence-corrected chi connectivity index (χ3v) is 8.34. The van der Waals surface area contributed by atoms with E-state index in [4.69, 9.17) is 14.2 Å². The molecule has 0 spiro atoms. The monoisotopic (exact) mass is 581 g/mol. The predicted molar refractivity (Wildman–Crippen MR) is 161 cm³/mol. The molecule has 1 aliphatic heterocycles. The number of nitrogens with one attached hydrogen (secondary N) is 1. The van der Waals surface area contributed by atoms with Crippen molar-refractivity contribution < 1.29 is 28.0 Å². The van der Waals surface area contributed by atoms with Crippen molar-refractivity contribution in [1.82, 2.24) is 9.21 Å². The molecule has 1 amide bonds. The molecule has 41 heavy (non-hydrogen) atoms. The van der Waals surface area contributed by atoms with Gasteiger partial charge < -0.3 is 19.5 Å². The molecule has 0 radical (unpaired) electrons. The van der Waals surface area contributed by atoms with Gasteiger partial charge in [0.25, 0.3) is 11.7 Å². The van der Waals surface area contributed by atoms with Gasteiger partial charge in [0, 0.05) is 30.6 Å². The molecule has 220 valence electrons. The number of hydrogen-bond donors (Lipinski definition) is 1. The zero-order chi connectivity index (χ0) is 29.7. The molecule has 0 aromatic heterocycles. The minimum absolute atomic E-state index is 0.250. The fourth-order valence-corrected chi connectivity index (χ4v) is 5.64. The first kappa shape index (κ1) is 30.6. The summed E-state index contributed by atoms with van der Waals surface area (Å²) < 4.78 is 31.8. The molecule has 0 saturated carbocycles. The molecule has 10 heteroatoms. The molecule has 1 heterocycles. The summed E-state index contributed by atoms with van der Waals surface area (Å²) in [7, 11) is 3.30. The Bertz CT molecular complexity index is 1440. The van der Waals surface area contributed by atoms with Crippen LogP contribution < -0.4 is 14.8 Å². The van der Waals surface area contributed by atoms with Gasteiger partial charge in [-0.05, 0) is 54.7 Å². The minimum Gasteiger partial charge on any atom is -0.493 e. The van der Waals surface area contributed by atoms with E-state index in [0.29, 0.717) is 22.6 Å². The van der Waals surface area contributed by atoms with Gasteiger partial charge in [-0.3, -0.25) is 14.5 Å². The molecule has 1 saturated heterocycles. The third-order valence-electron chi connectivity index (χ3n) is 7.00. The number of methoxy groups -OCH3 is 1. The molecule has 3 aromatic carbocycles. The van der Waals surface area contributed by atoms with Gasteiger partial charge in [-0.2, -0.15) is 0 Å². The largest absolute Gasteiger partial charge is 0.493 e. The normalized spacial score (nSPS) is 15.1. The first-order chi connectivity index (χ1) is 19.5. The van der Waals surface area contributed by atoms with Gasteiger partial charge in [0.15, 0.2) is 5.75 Å². The van der Waals surface area contributed by atoms with Crippen LogP contribution in [-0.2, 0) is 25.9 Å². The average Bonchev–Trinajstić information content (AvgIpc) is 2.96. The lowest BCUT2D eigenvalue weighted by molar-refractivity contribution is -0.112. The summed E-state index contributed by atoms with van der Waals surface area (Å²) >= 11 is 0. The van der Waals surface area contributed by atoms with E-state index >= 15 is 0 Å². The second-order valence-corrected chi connectivity index (χ2v) is 12.8. The third kappa shape index (κ3) is 7.13. The van der Waals surface area contributed by atoms with E-state index in [1.54, 1.807) is 36.6 Å². The van der Waals surface area contributed by atoms with Gasteiger partial charge in [0.05, 0.1) is 30.9 Å². The minimum atomic E-state index is -1.54. The van der Waals surface area contributed by atoms with Crippen LogP contribution in [0.25, 0.3) is 10.8 Å². The Morgan fingerprint density at radius 2 is 1.73 bits per heavy atom. The number of hydrogen-bond acceptors (Lipinski definition) is 7. The van der Waals surface area contributed by atoms with Gasteiger partial charge in [0.1, 0.15) is 23.3 Å². The summed E-state index contributed by atoms with van der Waals surface area (Å²) in [6, 6.07) is 14.3. The zero-order valence-corrected chi connectivity index (χ0v) is 25.4. The van der Waals surface area contributed by atoms with E-state index in [-0.39, 0.29) is 22.4 Å². The van der Waals surface area contributed by atoms with Crippen LogP contribution in [-0.4, -0.2) is 85.8 Å². The summed E-state index contributed by atoms with van der Waals surface area (Å²) in [4.78, 5) is 29.6. The van der Waals surface area contributed by atoms with Crippen LogP contribution in [0.3, 0.4) is 0 Å². The first-order valence-corrected chi connectivity index (χ1v) is 14.7. The molecule has 1 N–H and O–H groups in total. The van der Waals surface area contributed by atoms with Gasteiger partial charge >= 0.3 is 0 Å². The van der Waals surface area contributed by atoms with Crippen LogP contribution in [0.2, 0.25) is 0 Å². The molecule has 0 bridgehead atoms. The number of amides is 1. The SMILES string of the molecule is COc1c(NC(=O)C(=O)c2ccc(OCCN3CCOCC3)c3ccccc23)cc(C(C)(C)C)cc1S(=O)N(C)C. The molecule has 1 unspecified atom stereocenters. The molecule has 9 nitrogen and oxygen atoms in total. The Morgan fingerprint density at radius 1 is 1.05 bits per heavy atom. The number of carbonyl (C=O) groups is 2. The lowest BCUT2D eigenvalue weighted by atomic mass is 9.86. The van der Waals surface area contributed by atoms with Crippen molar-refractivity contribution in [2.24, 2.45) is 0 Å². The number of fused-ring (bicyclic) bond motifs is 1. The average molecular weight is 582 g/mol. The Hall–Kier alpha value is -3.31. The standard InChI is InChI=1S/C31H39N3O6S/c1-31(2,3)21-19-25(29(38-6)27(20-21)41(37)33(4)5)32-30(36)28(35)24-11-12-26(23-10-8-7-9-22(23)24)40-18-15-34-13-16-39-17-14-34/h7-12,19-20H,13-18H2,1-6H3,(H,32,36). The molecule has 3 aromatic rings. The van der Waals surface area contributed by atoms with Crippen molar-refractivity contribution in [3.8, 4) is 11.5 Å². The molecule has 4 rings (SSSR count). The maximum Gasteiger partial charge on any atom is 0.296 e. The maximum atomic E-state index is 13.5. The number of benzene rings is 3. The predicted octanol–water partition coefficient (Wildman–Crippen LogP) is 4.26. The summed E-state index contributed by atoms with van der Waals surface area (Å²) in [5, 5.41) is 4.12. The quantitative estimate of drug-likeness (QED) is 0.282. The summed E-state index contributed by atoms with van der Waals surface area (Å²) in [5.41, 5.74) is 1.09. The highest BCUT2D eigenvalue weighted by Crippen LogP contribution is 2.38. The van der Waals surface area contributed by atoms with Crippen molar-refractivity contribution in [2.75, 3.05) is 66.0 Å². The van der Waals surface area contributed by atoms with Crippen LogP contribution in [0.4, 0.5) is 5.69 Å². The van der Waals surface area contributed by atoms with Crippen molar-refractivity contribution >= 4 is 39.1 Å². The molecule has 1 atom stereocenters. The van der Waals surface area contributed by atoms with Crippen molar-refractivity contribution in [2.45, 2.75) is 31.1 Å². The number of Topliss-reactive ketones (excluding diaryl/α,β-unsaturated/α-hetero) is 1. The molecule has 1 aliphatic rings. The van der Waals surface area contributed by atoms with E-state index in [1.165, 1.54) is 7.11 Å². The van der Waals surface area contributed by atoms with Crippen LogP contribution in [0, 0.1) is 0 Å². The summed E-state index contributed by atoms with van der Waals surface area (Å²) in [6.45, 7) is 10.5. The highest BCUT2D eigenvalue weighted by Gasteiger charge is 2.27. The topological polar surface area (TPSA) is 97.4 Å². The zero-order valence-electron chi connectivity index (χ0n) is 24.6. The fourth-order valence-electron chi connectivity index (χ4n) is 4.67. The van der Waals surface area contributed by atoms with E-state index < -0.39 is 22.7 Å². The molecule has 0 aliphatic carbocycles. The fraction of sp³-hybridized carbons (Fsp3) is 0.419. The second kappa shape index (κ2) is 13.1. The number of ether oxygens (including phenoxy) is 3. The van der Waals surface area contributed by atoms with E-state index in [2.05, 4.69) is 10.2 Å². The number of anilines is 1. The Balaban J connectivity index is 1.61. The smallest absolute Gasteiger partial charge is 0.296 e. The van der Waals surface area contributed by atoms with Crippen molar-refractivity contribution in [3.05, 3.63) is 59.7 Å². The highest BCUT2D eigenvalue weighted by atomic mass is 32.2. The van der Waals surface area contributed by atoms with Crippen LogP contribution in [0.15, 0.2) is 53.4 Å². The first-order valence-electron chi connectivity index (χ1n) is 13.6. The maximum absolute atomic E-state index is 13.5. The van der Waals surface area contributed by atoms with Crippen LogP contribution in [0.5, 0.6) is 11.5 Å². The van der Waals surface area contributed by atoms with E-state index in [9.17, 15) is 13.8 Å². The number of ketones is 1. The number of rotatable bonds is 10. The summed E-state index contributed by atoms with van der Waals surface area (Å²) in [6.07, 6.45) is 0. The lowest BCUT2D eigenvalue weighted by Crippen LogP contribution is -2.38. The number of morpholine rings is 1. The van der Waals surface area contributed by atoms with Crippen molar-refractivity contribution in [3.63, 3.8) is 0 Å². The van der Waals surface area contributed by atoms with E-state index in [0.717, 1.165) is 43.8 Å². The summed E-state index contributed by atoms with van der Waals surface area (Å²) in [5.74, 6) is -0.608. The van der Waals surface area contributed by atoms with Crippen LogP contribution >= 0.6 is 0 Å². The van der Waals surface area contributed by atoms with Gasteiger partial charge in [-0.25, -0.2) is 8.51 Å². The Kier molecular flexibility index (Phi) is 9.80. The van der Waals surface area contributed by atoms with Gasteiger partial charge in [-0.1, -0.05) is 45.0 Å². The number of nitrogens with zero attached hydrogens (tertiary/aromatic N) is 2. The van der Waals surface area contributed by atoms with Crippen molar-refractivity contribution in [1.29, 1.82) is 0 Å². The van der Waals surface area contributed by atoms with Crippen LogP contribution in [0.1, 0.15) is 36.7 Å². The Labute approximate surface area is 244 Å². The van der Waals surface area contributed by atoms with Gasteiger partial charge in [0.2, 0.25) is 0 Å². The Morgan fingerprint density at radius 3 is 2.37 bits per heavy atom. The number of carbonyl (C=O) groups excluding carboxylic acids is 2. The second-order valence-electron chi connectivity index (χ2n) is 11.1. The molecular weight excluding hydrogens is 542 g/mol. The van der Waals surface area contributed by atoms with Gasteiger partial charge in [-0.15, -0.1) is 0 Å². The molecular formula is C31H39N3O6S. The van der Waals surface area contributed by atoms with E-state index in [1.807, 2.05) is 51.1 Å². The lowest BCUT2D eigenvalue weighted by Gasteiger charge is -2.26.